The van der Waals surface area contributed by atoms with Crippen molar-refractivity contribution >= 4 is 5.97 Å². The molecule has 0 bridgehead atoms. The molecule has 0 amide bonds. The van der Waals surface area contributed by atoms with Crippen LogP contribution in [0.5, 0.6) is 0 Å². The SMILES string of the molecule is CCC(=CCn1cnccc1=O)C(=O)OC. The Morgan fingerprint density at radius 3 is 2.94 bits per heavy atom. The number of aromatic nitrogens is 2. The third kappa shape index (κ3) is 3.05. The summed E-state index contributed by atoms with van der Waals surface area (Å²) in [5, 5.41) is 0. The van der Waals surface area contributed by atoms with Crippen LogP contribution in [0, 0.1) is 0 Å². The molecule has 0 N–H and O–H groups in total. The lowest BCUT2D eigenvalue weighted by atomic mass is 10.2. The van der Waals surface area contributed by atoms with Crippen LogP contribution in [-0.4, -0.2) is 22.6 Å². The molecule has 1 heterocycles. The first-order valence-electron chi connectivity index (χ1n) is 4.96. The summed E-state index contributed by atoms with van der Waals surface area (Å²) in [4.78, 5) is 26.4. The van der Waals surface area contributed by atoms with E-state index >= 15 is 0 Å². The number of carbonyl (C=O) groups is 1. The van der Waals surface area contributed by atoms with E-state index in [9.17, 15) is 9.59 Å². The lowest BCUT2D eigenvalue weighted by molar-refractivity contribution is -0.136. The van der Waals surface area contributed by atoms with Crippen molar-refractivity contribution in [3.8, 4) is 0 Å². The van der Waals surface area contributed by atoms with Crippen molar-refractivity contribution in [1.29, 1.82) is 0 Å². The number of nitrogens with zero attached hydrogens (tertiary/aromatic N) is 2. The molecule has 1 aromatic rings. The number of carbonyl (C=O) groups excluding carboxylic acids is 1. The van der Waals surface area contributed by atoms with Crippen LogP contribution in [0.3, 0.4) is 0 Å². The van der Waals surface area contributed by atoms with Gasteiger partial charge in [-0.25, -0.2) is 9.78 Å². The van der Waals surface area contributed by atoms with Gasteiger partial charge in [0.05, 0.1) is 13.4 Å². The van der Waals surface area contributed by atoms with E-state index in [1.807, 2.05) is 6.92 Å². The van der Waals surface area contributed by atoms with E-state index in [1.165, 1.54) is 30.3 Å². The Labute approximate surface area is 93.4 Å². The van der Waals surface area contributed by atoms with Gasteiger partial charge in [0.15, 0.2) is 0 Å². The van der Waals surface area contributed by atoms with Crippen LogP contribution in [0.1, 0.15) is 13.3 Å². The number of hydrogen-bond acceptors (Lipinski definition) is 4. The van der Waals surface area contributed by atoms with Gasteiger partial charge in [-0.1, -0.05) is 13.0 Å². The van der Waals surface area contributed by atoms with Crippen molar-refractivity contribution in [2.24, 2.45) is 0 Å². The van der Waals surface area contributed by atoms with Crippen molar-refractivity contribution < 1.29 is 9.53 Å². The molecule has 0 aliphatic rings. The van der Waals surface area contributed by atoms with Crippen molar-refractivity contribution in [2.75, 3.05) is 7.11 Å². The Kier molecular flexibility index (Phi) is 4.44. The van der Waals surface area contributed by atoms with Gasteiger partial charge >= 0.3 is 5.97 Å². The zero-order valence-corrected chi connectivity index (χ0v) is 9.34. The molecule has 5 heteroatoms. The fourth-order valence-electron chi connectivity index (χ4n) is 1.23. The summed E-state index contributed by atoms with van der Waals surface area (Å²) in [5.74, 6) is -0.362. The molecule has 0 unspecified atom stereocenters. The quantitative estimate of drug-likeness (QED) is 0.557. The Balaban J connectivity index is 2.82. The lowest BCUT2D eigenvalue weighted by Crippen LogP contribution is -2.18. The molecule has 0 aliphatic carbocycles. The Morgan fingerprint density at radius 1 is 1.62 bits per heavy atom. The van der Waals surface area contributed by atoms with Gasteiger partial charge in [-0.05, 0) is 6.42 Å². The van der Waals surface area contributed by atoms with Crippen LogP contribution in [0.15, 0.2) is 35.0 Å². The maximum absolute atomic E-state index is 11.3. The van der Waals surface area contributed by atoms with E-state index in [-0.39, 0.29) is 11.5 Å². The van der Waals surface area contributed by atoms with Gasteiger partial charge in [0, 0.05) is 24.4 Å². The number of allylic oxidation sites excluding steroid dienone is 1. The Hall–Kier alpha value is -1.91. The average molecular weight is 222 g/mol. The second-order valence-electron chi connectivity index (χ2n) is 3.15. The normalized spacial score (nSPS) is 11.2. The van der Waals surface area contributed by atoms with Gasteiger partial charge in [-0.15, -0.1) is 0 Å². The minimum Gasteiger partial charge on any atom is -0.466 e. The highest BCUT2D eigenvalue weighted by Gasteiger charge is 2.06. The summed E-state index contributed by atoms with van der Waals surface area (Å²) < 4.78 is 6.03. The van der Waals surface area contributed by atoms with Crippen molar-refractivity contribution in [3.63, 3.8) is 0 Å². The van der Waals surface area contributed by atoms with Crippen LogP contribution in [0.4, 0.5) is 0 Å². The molecule has 0 spiro atoms. The molecule has 86 valence electrons. The van der Waals surface area contributed by atoms with Crippen molar-refractivity contribution in [1.82, 2.24) is 9.55 Å². The maximum atomic E-state index is 11.3. The fourth-order valence-corrected chi connectivity index (χ4v) is 1.23. The number of hydrogen-bond donors (Lipinski definition) is 0. The highest BCUT2D eigenvalue weighted by atomic mass is 16.5. The Bertz CT molecular complexity index is 449. The van der Waals surface area contributed by atoms with Gasteiger partial charge < -0.3 is 4.74 Å². The van der Waals surface area contributed by atoms with Gasteiger partial charge in [-0.2, -0.15) is 0 Å². The monoisotopic (exact) mass is 222 g/mol. The lowest BCUT2D eigenvalue weighted by Gasteiger charge is -2.03. The van der Waals surface area contributed by atoms with Crippen LogP contribution >= 0.6 is 0 Å². The van der Waals surface area contributed by atoms with E-state index < -0.39 is 0 Å². The molecular formula is C11H14N2O3. The molecule has 5 nitrogen and oxygen atoms in total. The zero-order valence-electron chi connectivity index (χ0n) is 9.34. The molecule has 1 aromatic heterocycles. The minimum atomic E-state index is -0.362. The topological polar surface area (TPSA) is 61.2 Å². The highest BCUT2D eigenvalue weighted by molar-refractivity contribution is 5.88. The summed E-state index contributed by atoms with van der Waals surface area (Å²) in [5.41, 5.74) is 0.407. The minimum absolute atomic E-state index is 0.147. The van der Waals surface area contributed by atoms with Crippen molar-refractivity contribution in [2.45, 2.75) is 19.9 Å². The second kappa shape index (κ2) is 5.85. The first kappa shape index (κ1) is 12.2. The van der Waals surface area contributed by atoms with E-state index in [2.05, 4.69) is 9.72 Å². The Morgan fingerprint density at radius 2 is 2.38 bits per heavy atom. The van der Waals surface area contributed by atoms with E-state index in [0.717, 1.165) is 0 Å². The summed E-state index contributed by atoms with van der Waals surface area (Å²) in [6, 6.07) is 1.37. The smallest absolute Gasteiger partial charge is 0.333 e. The van der Waals surface area contributed by atoms with Gasteiger partial charge in [0.2, 0.25) is 0 Å². The fraction of sp³-hybridized carbons (Fsp3) is 0.364. The number of esters is 1. The number of rotatable bonds is 4. The maximum Gasteiger partial charge on any atom is 0.333 e. The molecule has 0 fully saturated rings. The molecule has 0 atom stereocenters. The van der Waals surface area contributed by atoms with Crippen LogP contribution in [0.2, 0.25) is 0 Å². The number of methoxy groups -OCH3 is 1. The zero-order chi connectivity index (χ0) is 12.0. The van der Waals surface area contributed by atoms with Crippen molar-refractivity contribution in [3.05, 3.63) is 40.6 Å². The molecule has 1 rings (SSSR count). The van der Waals surface area contributed by atoms with E-state index in [4.69, 9.17) is 0 Å². The van der Waals surface area contributed by atoms with Gasteiger partial charge in [0.25, 0.3) is 5.56 Å². The third-order valence-corrected chi connectivity index (χ3v) is 2.16. The molecular weight excluding hydrogens is 208 g/mol. The predicted octanol–water partition coefficient (Wildman–Crippen LogP) is 0.753. The predicted molar refractivity (Wildman–Crippen MR) is 58.9 cm³/mol. The second-order valence-corrected chi connectivity index (χ2v) is 3.15. The van der Waals surface area contributed by atoms with Crippen LogP contribution in [0.25, 0.3) is 0 Å². The summed E-state index contributed by atoms with van der Waals surface area (Å²) in [6.07, 6.45) is 5.11. The summed E-state index contributed by atoms with van der Waals surface area (Å²) in [7, 11) is 1.34. The first-order valence-corrected chi connectivity index (χ1v) is 4.96. The van der Waals surface area contributed by atoms with Crippen LogP contribution in [-0.2, 0) is 16.1 Å². The van der Waals surface area contributed by atoms with Crippen LogP contribution < -0.4 is 5.56 Å². The van der Waals surface area contributed by atoms with Gasteiger partial charge in [-0.3, -0.25) is 9.36 Å². The highest BCUT2D eigenvalue weighted by Crippen LogP contribution is 2.03. The standard InChI is InChI=1S/C11H14N2O3/c1-3-9(11(15)16-2)5-7-13-8-12-6-4-10(13)14/h4-6,8H,3,7H2,1-2H3. The van der Waals surface area contributed by atoms with E-state index in [1.54, 1.807) is 6.08 Å². The molecule has 0 aliphatic heterocycles. The summed E-state index contributed by atoms with van der Waals surface area (Å²) in [6.45, 7) is 2.18. The number of ether oxygens (including phenoxy) is 1. The molecule has 16 heavy (non-hydrogen) atoms. The van der Waals surface area contributed by atoms with Gasteiger partial charge in [0.1, 0.15) is 0 Å². The molecule has 0 saturated carbocycles. The third-order valence-electron chi connectivity index (χ3n) is 2.16. The largest absolute Gasteiger partial charge is 0.466 e. The molecule has 0 aromatic carbocycles. The molecule has 0 saturated heterocycles. The van der Waals surface area contributed by atoms with E-state index in [0.29, 0.717) is 18.5 Å². The molecule has 0 radical (unpaired) electrons. The average Bonchev–Trinajstić information content (AvgIpc) is 2.31. The summed E-state index contributed by atoms with van der Waals surface area (Å²) >= 11 is 0. The first-order chi connectivity index (χ1) is 7.69.